The van der Waals surface area contributed by atoms with Crippen molar-refractivity contribution in [2.45, 2.75) is 31.7 Å². The lowest BCUT2D eigenvalue weighted by atomic mass is 9.94. The third kappa shape index (κ3) is 2.04. The first-order valence-corrected chi connectivity index (χ1v) is 8.36. The summed E-state index contributed by atoms with van der Waals surface area (Å²) in [6, 6.07) is -0.298. The Kier molecular flexibility index (Phi) is 2.93. The molecule has 7 nitrogen and oxygen atoms in total. The van der Waals surface area contributed by atoms with Gasteiger partial charge in [0.2, 0.25) is 0 Å². The number of nitrogens with zero attached hydrogens (tertiary/aromatic N) is 2. The van der Waals surface area contributed by atoms with Crippen LogP contribution in [0.5, 0.6) is 0 Å². The molecule has 1 aliphatic heterocycles. The Morgan fingerprint density at radius 3 is 2.70 bits per heavy atom. The molecule has 1 aliphatic carbocycles. The molecule has 1 atom stereocenters. The van der Waals surface area contributed by atoms with Gasteiger partial charge >= 0.3 is 0 Å². The van der Waals surface area contributed by atoms with Gasteiger partial charge in [-0.25, -0.2) is 8.42 Å². The molecule has 0 radical (unpaired) electrons. The molecule has 0 aromatic carbocycles. The van der Waals surface area contributed by atoms with Crippen LogP contribution in [0.2, 0.25) is 0 Å². The molecule has 3 rings (SSSR count). The van der Waals surface area contributed by atoms with Crippen LogP contribution in [0.1, 0.15) is 51.8 Å². The maximum atomic E-state index is 12.0. The zero-order valence-electron chi connectivity index (χ0n) is 10.8. The second kappa shape index (κ2) is 4.41. The van der Waals surface area contributed by atoms with Crippen molar-refractivity contribution in [1.82, 2.24) is 9.78 Å². The molecule has 1 aromatic heterocycles. The first-order chi connectivity index (χ1) is 9.39. The standard InChI is InChI=1S/C12H15N3O4S/c13-12(17)11-10-8(2-1-3-9(10)16)15(14-11)7-4-5-20(18,19)6-7/h7H,1-6H2,(H2,13,17). The summed E-state index contributed by atoms with van der Waals surface area (Å²) in [5.74, 6) is -0.747. The van der Waals surface area contributed by atoms with Crippen molar-refractivity contribution in [2.75, 3.05) is 11.5 Å². The first kappa shape index (κ1) is 13.3. The number of carbonyl (C=O) groups is 2. The number of primary amides is 1. The number of sulfone groups is 1. The summed E-state index contributed by atoms with van der Waals surface area (Å²) in [5, 5.41) is 4.15. The van der Waals surface area contributed by atoms with Gasteiger partial charge in [0.25, 0.3) is 5.91 Å². The van der Waals surface area contributed by atoms with E-state index in [1.165, 1.54) is 0 Å². The summed E-state index contributed by atoms with van der Waals surface area (Å²) in [6.45, 7) is 0. The quantitative estimate of drug-likeness (QED) is 0.816. The Morgan fingerprint density at radius 1 is 1.35 bits per heavy atom. The average Bonchev–Trinajstić information content (AvgIpc) is 2.90. The van der Waals surface area contributed by atoms with Gasteiger partial charge in [-0.1, -0.05) is 0 Å². The predicted molar refractivity (Wildman–Crippen MR) is 70.3 cm³/mol. The van der Waals surface area contributed by atoms with Crippen LogP contribution in [0.15, 0.2) is 0 Å². The van der Waals surface area contributed by atoms with Gasteiger partial charge < -0.3 is 5.73 Å². The highest BCUT2D eigenvalue weighted by molar-refractivity contribution is 7.91. The van der Waals surface area contributed by atoms with Crippen molar-refractivity contribution in [2.24, 2.45) is 5.73 Å². The largest absolute Gasteiger partial charge is 0.364 e. The Balaban J connectivity index is 2.11. The summed E-state index contributed by atoms with van der Waals surface area (Å²) >= 11 is 0. The molecule has 8 heteroatoms. The van der Waals surface area contributed by atoms with E-state index in [-0.39, 0.29) is 29.0 Å². The number of amides is 1. The molecule has 0 saturated carbocycles. The van der Waals surface area contributed by atoms with E-state index in [9.17, 15) is 18.0 Å². The number of aromatic nitrogens is 2. The topological polar surface area (TPSA) is 112 Å². The third-order valence-corrected chi connectivity index (χ3v) is 5.64. The fourth-order valence-corrected chi connectivity index (χ4v) is 4.68. The predicted octanol–water partition coefficient (Wildman–Crippen LogP) is -0.139. The van der Waals surface area contributed by atoms with Gasteiger partial charge in [0, 0.05) is 6.42 Å². The summed E-state index contributed by atoms with van der Waals surface area (Å²) in [7, 11) is -3.06. The first-order valence-electron chi connectivity index (χ1n) is 6.54. The van der Waals surface area contributed by atoms with E-state index >= 15 is 0 Å². The van der Waals surface area contributed by atoms with Crippen LogP contribution in [0, 0.1) is 0 Å². The van der Waals surface area contributed by atoms with E-state index in [0.29, 0.717) is 36.9 Å². The van der Waals surface area contributed by atoms with Gasteiger partial charge in [-0.15, -0.1) is 0 Å². The van der Waals surface area contributed by atoms with Crippen LogP contribution in [0.25, 0.3) is 0 Å². The van der Waals surface area contributed by atoms with E-state index in [1.807, 2.05) is 0 Å². The number of hydrogen-bond donors (Lipinski definition) is 1. The Morgan fingerprint density at radius 2 is 2.10 bits per heavy atom. The van der Waals surface area contributed by atoms with E-state index in [4.69, 9.17) is 5.73 Å². The van der Waals surface area contributed by atoms with Crippen LogP contribution in [0.3, 0.4) is 0 Å². The lowest BCUT2D eigenvalue weighted by Crippen LogP contribution is -2.19. The summed E-state index contributed by atoms with van der Waals surface area (Å²) < 4.78 is 24.7. The molecule has 1 amide bonds. The molecule has 2 heterocycles. The van der Waals surface area contributed by atoms with Gasteiger partial charge in [0.15, 0.2) is 21.3 Å². The Labute approximate surface area is 116 Å². The molecule has 20 heavy (non-hydrogen) atoms. The molecular formula is C12H15N3O4S. The van der Waals surface area contributed by atoms with Gasteiger partial charge in [-0.3, -0.25) is 14.3 Å². The molecule has 1 unspecified atom stereocenters. The van der Waals surface area contributed by atoms with Gasteiger partial charge in [-0.2, -0.15) is 5.10 Å². The van der Waals surface area contributed by atoms with Crippen LogP contribution < -0.4 is 5.73 Å². The average molecular weight is 297 g/mol. The highest BCUT2D eigenvalue weighted by Crippen LogP contribution is 2.31. The van der Waals surface area contributed by atoms with Crippen molar-refractivity contribution in [3.05, 3.63) is 17.0 Å². The maximum Gasteiger partial charge on any atom is 0.269 e. The minimum Gasteiger partial charge on any atom is -0.364 e. The monoisotopic (exact) mass is 297 g/mol. The normalized spacial score (nSPS) is 24.6. The fraction of sp³-hybridized carbons (Fsp3) is 0.583. The van der Waals surface area contributed by atoms with Crippen LogP contribution in [-0.4, -0.2) is 41.4 Å². The number of fused-ring (bicyclic) bond motifs is 1. The molecule has 1 aromatic rings. The van der Waals surface area contributed by atoms with Gasteiger partial charge in [-0.05, 0) is 19.3 Å². The number of carbonyl (C=O) groups excluding carboxylic acids is 2. The number of ketones is 1. The summed E-state index contributed by atoms with van der Waals surface area (Å²) in [6.07, 6.45) is 2.15. The van der Waals surface area contributed by atoms with Crippen LogP contribution in [0.4, 0.5) is 0 Å². The van der Waals surface area contributed by atoms with E-state index in [1.54, 1.807) is 4.68 Å². The summed E-state index contributed by atoms with van der Waals surface area (Å²) in [4.78, 5) is 23.4. The van der Waals surface area contributed by atoms with Crippen molar-refractivity contribution in [1.29, 1.82) is 0 Å². The number of nitrogens with two attached hydrogens (primary N) is 1. The number of rotatable bonds is 2. The number of hydrogen-bond acceptors (Lipinski definition) is 5. The summed E-state index contributed by atoms with van der Waals surface area (Å²) in [5.41, 5.74) is 6.22. The molecule has 2 aliphatic rings. The van der Waals surface area contributed by atoms with Gasteiger partial charge in [0.1, 0.15) is 0 Å². The second-order valence-corrected chi connectivity index (χ2v) is 7.54. The molecule has 108 valence electrons. The Bertz CT molecular complexity index is 705. The highest BCUT2D eigenvalue weighted by atomic mass is 32.2. The molecule has 1 saturated heterocycles. The van der Waals surface area contributed by atoms with E-state index in [0.717, 1.165) is 0 Å². The molecule has 2 N–H and O–H groups in total. The third-order valence-electron chi connectivity index (χ3n) is 3.89. The van der Waals surface area contributed by atoms with Gasteiger partial charge in [0.05, 0.1) is 28.8 Å². The molecule has 0 spiro atoms. The van der Waals surface area contributed by atoms with Crippen molar-refractivity contribution >= 4 is 21.5 Å². The van der Waals surface area contributed by atoms with Crippen molar-refractivity contribution < 1.29 is 18.0 Å². The zero-order chi connectivity index (χ0) is 14.5. The van der Waals surface area contributed by atoms with Crippen LogP contribution in [-0.2, 0) is 16.3 Å². The minimum absolute atomic E-state index is 0.00745. The minimum atomic E-state index is -3.06. The van der Waals surface area contributed by atoms with E-state index < -0.39 is 15.7 Å². The smallest absolute Gasteiger partial charge is 0.269 e. The molecule has 0 bridgehead atoms. The lowest BCUT2D eigenvalue weighted by molar-refractivity contribution is 0.0948. The highest BCUT2D eigenvalue weighted by Gasteiger charge is 2.36. The van der Waals surface area contributed by atoms with Crippen LogP contribution >= 0.6 is 0 Å². The van der Waals surface area contributed by atoms with Crippen molar-refractivity contribution in [3.8, 4) is 0 Å². The van der Waals surface area contributed by atoms with Crippen molar-refractivity contribution in [3.63, 3.8) is 0 Å². The number of Topliss-reactive ketones (excluding diaryl/α,β-unsaturated/α-hetero) is 1. The molecular weight excluding hydrogens is 282 g/mol. The second-order valence-electron chi connectivity index (χ2n) is 5.31. The maximum absolute atomic E-state index is 12.0. The fourth-order valence-electron chi connectivity index (χ4n) is 2.99. The van der Waals surface area contributed by atoms with E-state index in [2.05, 4.69) is 5.10 Å². The SMILES string of the molecule is NC(=O)c1nn(C2CCS(=O)(=O)C2)c2c1C(=O)CCC2. The zero-order valence-corrected chi connectivity index (χ0v) is 11.6. The lowest BCUT2D eigenvalue weighted by Gasteiger charge is -2.16. The Hall–Kier alpha value is -1.70. The molecule has 1 fully saturated rings.